The average Bonchev–Trinajstić information content (AvgIpc) is 3.46. The Balaban J connectivity index is 0.00000289. The van der Waals surface area contributed by atoms with Crippen LogP contribution in [0.5, 0.6) is 0 Å². The van der Waals surface area contributed by atoms with Gasteiger partial charge >= 0.3 is 79.9 Å². The van der Waals surface area contributed by atoms with Crippen LogP contribution in [0.25, 0.3) is 200 Å². The van der Waals surface area contributed by atoms with Gasteiger partial charge in [0.2, 0.25) is 0 Å². The fraction of sp³-hybridized carbons (Fsp3) is 0.0303. The minimum Gasteiger partial charge on any atom is -0.457 e. The summed E-state index contributed by atoms with van der Waals surface area (Å²) >= 11 is 0. The molecule has 8 aromatic carbocycles. The molecular weight excluding hydrogens is 1360 g/mol. The Morgan fingerprint density at radius 1 is 0.244 bits per heavy atom. The molecule has 0 spiro atoms. The maximum absolute atomic E-state index is 6.83. The molecule has 0 radical (unpaired) electrons. The second-order valence-corrected chi connectivity index (χ2v) is 21.2. The van der Waals surface area contributed by atoms with Crippen LogP contribution in [-0.2, 0) is 0 Å². The molecule has 0 unspecified atom stereocenters. The molecule has 0 saturated heterocycles. The topological polar surface area (TPSA) is 237 Å². The summed E-state index contributed by atoms with van der Waals surface area (Å²) in [7, 11) is 0. The van der Waals surface area contributed by atoms with E-state index >= 15 is 0 Å². The zero-order valence-corrected chi connectivity index (χ0v) is 49.2. The minimum atomic E-state index is 0. The number of benzene rings is 8. The van der Waals surface area contributed by atoms with E-state index in [9.17, 15) is 0 Å². The standard InChI is InChI=1S/C66H32N16O2.2Gd/c1-29-11-17-39-45(23-29)61-74-55(39)72-59-43-21-15-33-27-49(43)65(78-59)82-66-50-28-34(16-22-44(50)60(79-66)73-56-40-18-12-30(2)24-46(40)62(75-56)80-61)84-32-14-20-42-48(26-32)64-77-58(42)71-54-38-10-6-4-8-36(38)52(69-54)67-51-35-7-3-5-9-37(35)53(68-51)70-57-41-19-13-31(83-33)25-47(41)63(76-57)81-64;;/h3-28H,1-2H3;;/q-4;2*+2. The van der Waals surface area contributed by atoms with E-state index < -0.39 is 0 Å². The van der Waals surface area contributed by atoms with Crippen molar-refractivity contribution < 1.29 is 88.7 Å². The van der Waals surface area contributed by atoms with Crippen LogP contribution in [0, 0.1) is 93.7 Å². The second-order valence-electron chi connectivity index (χ2n) is 21.2. The Labute approximate surface area is 545 Å². The second kappa shape index (κ2) is 19.1. The van der Waals surface area contributed by atoms with Crippen molar-refractivity contribution in [3.05, 3.63) is 169 Å². The van der Waals surface area contributed by atoms with Crippen molar-refractivity contribution in [1.29, 1.82) is 0 Å². The summed E-state index contributed by atoms with van der Waals surface area (Å²) in [6.45, 7) is 4.09. The molecule has 0 fully saturated rings. The normalized spacial score (nSPS) is 12.1. The van der Waals surface area contributed by atoms with Gasteiger partial charge in [-0.25, -0.2) is 19.9 Å². The molecule has 0 saturated carbocycles. The summed E-state index contributed by atoms with van der Waals surface area (Å²) < 4.78 is 13.7. The van der Waals surface area contributed by atoms with Crippen molar-refractivity contribution in [1.82, 2.24) is 79.7 Å². The Bertz CT molecular complexity index is 6200. The van der Waals surface area contributed by atoms with Crippen LogP contribution in [0.1, 0.15) is 11.1 Å². The van der Waals surface area contributed by atoms with E-state index in [1.165, 1.54) is 0 Å². The first-order valence-corrected chi connectivity index (χ1v) is 27.1. The van der Waals surface area contributed by atoms with Gasteiger partial charge in [0.05, 0.1) is 45.9 Å². The Kier molecular flexibility index (Phi) is 11.4. The van der Waals surface area contributed by atoms with Crippen LogP contribution >= 0.6 is 0 Å². The Morgan fingerprint density at radius 3 is 1.03 bits per heavy atom. The molecule has 18 nitrogen and oxygen atoms in total. The molecule has 86 heavy (non-hydrogen) atoms. The smallest absolute Gasteiger partial charge is 0.457 e. The summed E-state index contributed by atoms with van der Waals surface area (Å²) in [6, 6.07) is 51.0. The number of aromatic nitrogens is 16. The predicted molar refractivity (Wildman–Crippen MR) is 323 cm³/mol. The summed E-state index contributed by atoms with van der Waals surface area (Å²) in [5.41, 5.74) is 12.3. The molecule has 9 aromatic heterocycles. The summed E-state index contributed by atoms with van der Waals surface area (Å²) in [6.07, 6.45) is 0. The van der Waals surface area contributed by atoms with E-state index in [-0.39, 0.29) is 79.9 Å². The largest absolute Gasteiger partial charge is 2.00 e. The van der Waals surface area contributed by atoms with E-state index in [0.29, 0.717) is 156 Å². The molecule has 19 rings (SSSR count). The third-order valence-electron chi connectivity index (χ3n) is 15.9. The molecule has 0 amide bonds. The Hall–Kier alpha value is -9.27. The van der Waals surface area contributed by atoms with E-state index in [1.807, 2.05) is 159 Å². The van der Waals surface area contributed by atoms with E-state index in [4.69, 9.17) is 88.6 Å². The van der Waals surface area contributed by atoms with Gasteiger partial charge in [-0.2, -0.15) is 0 Å². The monoisotopic (exact) mass is 1400 g/mol. The number of fused-ring (bicyclic) bond motifs is 32. The van der Waals surface area contributed by atoms with Gasteiger partial charge in [0, 0.05) is 89.0 Å². The quantitative estimate of drug-likeness (QED) is 0.137. The molecule has 2 aliphatic rings. The van der Waals surface area contributed by atoms with Crippen molar-refractivity contribution in [2.24, 2.45) is 0 Å². The average molecular weight is 1400 g/mol. The molecule has 11 heterocycles. The number of hydrogen-bond donors (Lipinski definition) is 0. The van der Waals surface area contributed by atoms with E-state index in [2.05, 4.69) is 12.1 Å². The van der Waals surface area contributed by atoms with Crippen LogP contribution in [0.15, 0.2) is 167 Å². The molecule has 0 atom stereocenters. The van der Waals surface area contributed by atoms with E-state index in [0.717, 1.165) is 54.9 Å². The van der Waals surface area contributed by atoms with Crippen LogP contribution in [0.4, 0.5) is 0 Å². The first-order chi connectivity index (χ1) is 41.3. The summed E-state index contributed by atoms with van der Waals surface area (Å²) in [5.74, 6) is 1.86. The molecular formula is C66H32Gd2N16O2. The third-order valence-corrected chi connectivity index (χ3v) is 15.9. The van der Waals surface area contributed by atoms with Crippen LogP contribution in [0.3, 0.4) is 0 Å². The van der Waals surface area contributed by atoms with Gasteiger partial charge in [-0.1, -0.05) is 90.0 Å². The molecule has 20 heteroatoms. The predicted octanol–water partition coefficient (Wildman–Crippen LogP) is 13.4. The fourth-order valence-corrected chi connectivity index (χ4v) is 11.9. The van der Waals surface area contributed by atoms with Gasteiger partial charge in [0.15, 0.2) is 0 Å². The molecule has 0 aliphatic carbocycles. The van der Waals surface area contributed by atoms with Gasteiger partial charge in [-0.3, -0.25) is 0 Å². The maximum Gasteiger partial charge on any atom is 2.00 e. The van der Waals surface area contributed by atoms with Crippen molar-refractivity contribution in [3.8, 4) is 45.6 Å². The van der Waals surface area contributed by atoms with Gasteiger partial charge in [-0.15, -0.1) is 0 Å². The van der Waals surface area contributed by atoms with Gasteiger partial charge in [0.1, 0.15) is 22.3 Å². The minimum absolute atomic E-state index is 0. The zero-order chi connectivity index (χ0) is 55.1. The summed E-state index contributed by atoms with van der Waals surface area (Å²) in [5, 5.41) is 8.78. The van der Waals surface area contributed by atoms with Crippen LogP contribution in [0.2, 0.25) is 0 Å². The molecule has 24 bridgehead atoms. The number of nitrogens with zero attached hydrogens (tertiary/aromatic N) is 16. The number of hydrogen-bond acceptors (Lipinski definition) is 14. The number of rotatable bonds is 0. The fourth-order valence-electron chi connectivity index (χ4n) is 11.9. The van der Waals surface area contributed by atoms with Gasteiger partial charge in [-0.05, 0) is 136 Å². The molecule has 0 N–H and O–H groups in total. The Morgan fingerprint density at radius 2 is 0.558 bits per heavy atom. The maximum atomic E-state index is 6.83. The van der Waals surface area contributed by atoms with Crippen molar-refractivity contribution in [2.75, 3.05) is 0 Å². The molecule has 2 aliphatic heterocycles. The van der Waals surface area contributed by atoms with Crippen LogP contribution in [-0.4, -0.2) is 59.8 Å². The zero-order valence-electron chi connectivity index (χ0n) is 44.7. The third kappa shape index (κ3) is 7.90. The number of aryl methyl sites for hydroxylation is 2. The first kappa shape index (κ1) is 51.2. The summed E-state index contributed by atoms with van der Waals surface area (Å²) in [4.78, 5) is 82.6. The van der Waals surface area contributed by atoms with Crippen molar-refractivity contribution in [2.45, 2.75) is 13.8 Å². The van der Waals surface area contributed by atoms with Crippen LogP contribution < -0.4 is 19.9 Å². The van der Waals surface area contributed by atoms with Crippen molar-refractivity contribution in [3.63, 3.8) is 0 Å². The van der Waals surface area contributed by atoms with Gasteiger partial charge in [0.25, 0.3) is 0 Å². The first-order valence-electron chi connectivity index (χ1n) is 27.1. The molecule has 404 valence electrons. The van der Waals surface area contributed by atoms with E-state index in [1.54, 1.807) is 0 Å². The van der Waals surface area contributed by atoms with Crippen molar-refractivity contribution >= 4 is 155 Å². The molecule has 17 aromatic rings. The SMILES string of the molecule is Cc1ccc2c(c1)-c1nc-2nc2[n-]c3nc4nc(nc5[n-]c(n1)c1cc(C)ccc51)c1ccc(cc41)oc1ccc4c5nc6nc(nc7[n-]c(nc8nc(nc([n-]5)c4c1)c1cc(ccc81)oc1ccc2c3c1)c1ccccc71)-c1ccccc1-6.[Gd+2].[Gd+2]. The van der Waals surface area contributed by atoms with Gasteiger partial charge < -0.3 is 68.6 Å².